The van der Waals surface area contributed by atoms with Gasteiger partial charge >= 0.3 is 0 Å². The molecule has 1 heterocycles. The molecule has 5 heteroatoms. The molecule has 1 aromatic rings. The minimum absolute atomic E-state index is 0.179. The van der Waals surface area contributed by atoms with Crippen molar-refractivity contribution in [1.29, 1.82) is 5.26 Å². The average Bonchev–Trinajstić information content (AvgIpc) is 2.54. The van der Waals surface area contributed by atoms with Gasteiger partial charge in [-0.1, -0.05) is 0 Å². The van der Waals surface area contributed by atoms with Crippen LogP contribution in [0.4, 0.5) is 0 Å². The summed E-state index contributed by atoms with van der Waals surface area (Å²) < 4.78 is 0. The van der Waals surface area contributed by atoms with Gasteiger partial charge in [0, 0.05) is 12.2 Å². The van der Waals surface area contributed by atoms with Gasteiger partial charge in [-0.2, -0.15) is 10.4 Å². The Morgan fingerprint density at radius 2 is 2.33 bits per heavy atom. The summed E-state index contributed by atoms with van der Waals surface area (Å²) >= 11 is 0. The summed E-state index contributed by atoms with van der Waals surface area (Å²) in [5.41, 5.74) is 1.99. The third kappa shape index (κ3) is 2.56. The fourth-order valence-corrected chi connectivity index (χ4v) is 1.27. The Kier molecular flexibility index (Phi) is 3.45. The number of aryl methyl sites for hydroxylation is 2. The highest BCUT2D eigenvalue weighted by molar-refractivity contribution is 5.96. The van der Waals surface area contributed by atoms with Crippen molar-refractivity contribution in [2.24, 2.45) is 5.92 Å². The lowest BCUT2D eigenvalue weighted by molar-refractivity contribution is 0.0949. The first-order chi connectivity index (χ1) is 7.06. The second kappa shape index (κ2) is 4.60. The van der Waals surface area contributed by atoms with Crippen molar-refractivity contribution in [3.63, 3.8) is 0 Å². The number of hydrogen-bond acceptors (Lipinski definition) is 3. The van der Waals surface area contributed by atoms with Crippen LogP contribution in [0.25, 0.3) is 0 Å². The Labute approximate surface area is 88.5 Å². The molecule has 0 bridgehead atoms. The Hall–Kier alpha value is -1.83. The molecule has 1 unspecified atom stereocenters. The number of nitrogens with zero attached hydrogens (tertiary/aromatic N) is 2. The predicted octanol–water partition coefficient (Wildman–Crippen LogP) is 0.916. The summed E-state index contributed by atoms with van der Waals surface area (Å²) in [7, 11) is 0. The lowest BCUT2D eigenvalue weighted by Gasteiger charge is -2.05. The van der Waals surface area contributed by atoms with Gasteiger partial charge in [0.25, 0.3) is 5.91 Å². The van der Waals surface area contributed by atoms with E-state index in [9.17, 15) is 4.79 Å². The number of amides is 1. The van der Waals surface area contributed by atoms with E-state index in [0.717, 1.165) is 5.69 Å². The van der Waals surface area contributed by atoms with Crippen molar-refractivity contribution in [2.75, 3.05) is 6.54 Å². The Bertz CT molecular complexity index is 383. The molecule has 0 aliphatic heterocycles. The van der Waals surface area contributed by atoms with Crippen LogP contribution in [-0.4, -0.2) is 22.6 Å². The quantitative estimate of drug-likeness (QED) is 0.771. The molecular formula is C10H14N4O. The second-order valence-electron chi connectivity index (χ2n) is 3.55. The van der Waals surface area contributed by atoms with E-state index >= 15 is 0 Å². The number of nitriles is 1. The molecule has 0 saturated carbocycles. The molecule has 5 nitrogen and oxygen atoms in total. The van der Waals surface area contributed by atoms with Crippen LogP contribution >= 0.6 is 0 Å². The van der Waals surface area contributed by atoms with Crippen molar-refractivity contribution in [3.8, 4) is 6.07 Å². The van der Waals surface area contributed by atoms with Crippen molar-refractivity contribution in [3.05, 3.63) is 17.0 Å². The second-order valence-corrected chi connectivity index (χ2v) is 3.55. The highest BCUT2D eigenvalue weighted by Crippen LogP contribution is 2.08. The SMILES string of the molecule is Cc1n[nH]c(C)c1C(=O)NCC(C)C#N. The van der Waals surface area contributed by atoms with Gasteiger partial charge in [0.2, 0.25) is 0 Å². The number of H-pyrrole nitrogens is 1. The summed E-state index contributed by atoms with van der Waals surface area (Å²) in [6, 6.07) is 2.06. The number of aromatic nitrogens is 2. The smallest absolute Gasteiger partial charge is 0.255 e. The molecule has 0 aliphatic rings. The Morgan fingerprint density at radius 3 is 2.80 bits per heavy atom. The summed E-state index contributed by atoms with van der Waals surface area (Å²) in [6.07, 6.45) is 0. The zero-order valence-corrected chi connectivity index (χ0v) is 9.09. The first-order valence-electron chi connectivity index (χ1n) is 4.75. The molecule has 1 amide bonds. The number of hydrogen-bond donors (Lipinski definition) is 2. The van der Waals surface area contributed by atoms with Crippen LogP contribution in [0.3, 0.4) is 0 Å². The number of carbonyl (C=O) groups excluding carboxylic acids is 1. The largest absolute Gasteiger partial charge is 0.351 e. The summed E-state index contributed by atoms with van der Waals surface area (Å²) in [5, 5.41) is 17.9. The van der Waals surface area contributed by atoms with Gasteiger partial charge in [0.05, 0.1) is 23.2 Å². The van der Waals surface area contributed by atoms with Crippen LogP contribution in [0.5, 0.6) is 0 Å². The van der Waals surface area contributed by atoms with E-state index < -0.39 is 0 Å². The highest BCUT2D eigenvalue weighted by atomic mass is 16.1. The van der Waals surface area contributed by atoms with Crippen molar-refractivity contribution in [1.82, 2.24) is 15.5 Å². The summed E-state index contributed by atoms with van der Waals surface area (Å²) in [4.78, 5) is 11.7. The number of aromatic amines is 1. The predicted molar refractivity (Wildman–Crippen MR) is 55.2 cm³/mol. The van der Waals surface area contributed by atoms with Gasteiger partial charge in [0.1, 0.15) is 0 Å². The molecule has 1 atom stereocenters. The van der Waals surface area contributed by atoms with Crippen LogP contribution in [0, 0.1) is 31.1 Å². The minimum Gasteiger partial charge on any atom is -0.351 e. The maximum Gasteiger partial charge on any atom is 0.255 e. The number of rotatable bonds is 3. The van der Waals surface area contributed by atoms with E-state index in [0.29, 0.717) is 17.8 Å². The molecule has 0 radical (unpaired) electrons. The molecule has 0 saturated heterocycles. The standard InChI is InChI=1S/C10H14N4O/c1-6(4-11)5-12-10(15)9-7(2)13-14-8(9)3/h6H,5H2,1-3H3,(H,12,15)(H,13,14). The normalized spacial score (nSPS) is 11.9. The lowest BCUT2D eigenvalue weighted by atomic mass is 10.1. The lowest BCUT2D eigenvalue weighted by Crippen LogP contribution is -2.28. The monoisotopic (exact) mass is 206 g/mol. The van der Waals surface area contributed by atoms with Gasteiger partial charge in [-0.15, -0.1) is 0 Å². The van der Waals surface area contributed by atoms with E-state index in [1.807, 2.05) is 0 Å². The highest BCUT2D eigenvalue weighted by Gasteiger charge is 2.15. The molecule has 0 spiro atoms. The van der Waals surface area contributed by atoms with E-state index in [2.05, 4.69) is 21.6 Å². The van der Waals surface area contributed by atoms with Gasteiger partial charge in [-0.25, -0.2) is 0 Å². The maximum atomic E-state index is 11.7. The Morgan fingerprint density at radius 1 is 1.67 bits per heavy atom. The molecule has 0 aliphatic carbocycles. The molecule has 1 aromatic heterocycles. The molecule has 2 N–H and O–H groups in total. The van der Waals surface area contributed by atoms with Crippen LogP contribution in [0.15, 0.2) is 0 Å². The van der Waals surface area contributed by atoms with Crippen molar-refractivity contribution >= 4 is 5.91 Å². The summed E-state index contributed by atoms with van der Waals surface area (Å²) in [6.45, 7) is 5.68. The van der Waals surface area contributed by atoms with Gasteiger partial charge < -0.3 is 5.32 Å². The van der Waals surface area contributed by atoms with E-state index in [1.54, 1.807) is 20.8 Å². The van der Waals surface area contributed by atoms with Crippen molar-refractivity contribution in [2.45, 2.75) is 20.8 Å². The topological polar surface area (TPSA) is 81.6 Å². The Balaban J connectivity index is 2.67. The first-order valence-corrected chi connectivity index (χ1v) is 4.75. The van der Waals surface area contributed by atoms with Gasteiger partial charge in [-0.3, -0.25) is 9.89 Å². The molecule has 80 valence electrons. The molecule has 1 rings (SSSR count). The van der Waals surface area contributed by atoms with E-state index in [1.165, 1.54) is 0 Å². The van der Waals surface area contributed by atoms with E-state index in [-0.39, 0.29) is 11.8 Å². The van der Waals surface area contributed by atoms with Crippen LogP contribution in [-0.2, 0) is 0 Å². The molecule has 15 heavy (non-hydrogen) atoms. The molecular weight excluding hydrogens is 192 g/mol. The third-order valence-corrected chi connectivity index (χ3v) is 2.14. The molecule has 0 aromatic carbocycles. The van der Waals surface area contributed by atoms with E-state index in [4.69, 9.17) is 5.26 Å². The molecule has 0 fully saturated rings. The van der Waals surface area contributed by atoms with Gasteiger partial charge in [-0.05, 0) is 20.8 Å². The minimum atomic E-state index is -0.180. The number of nitrogens with one attached hydrogen (secondary N) is 2. The fourth-order valence-electron chi connectivity index (χ4n) is 1.27. The van der Waals surface area contributed by atoms with Crippen LogP contribution in [0.2, 0.25) is 0 Å². The van der Waals surface area contributed by atoms with Crippen LogP contribution in [0.1, 0.15) is 28.7 Å². The zero-order valence-electron chi connectivity index (χ0n) is 9.09. The zero-order chi connectivity index (χ0) is 11.4. The fraction of sp³-hybridized carbons (Fsp3) is 0.500. The summed E-state index contributed by atoms with van der Waals surface area (Å²) in [5.74, 6) is -0.359. The maximum absolute atomic E-state index is 11.7. The average molecular weight is 206 g/mol. The number of carbonyl (C=O) groups is 1. The van der Waals surface area contributed by atoms with Gasteiger partial charge in [0.15, 0.2) is 0 Å². The van der Waals surface area contributed by atoms with Crippen molar-refractivity contribution < 1.29 is 4.79 Å². The van der Waals surface area contributed by atoms with Crippen LogP contribution < -0.4 is 5.32 Å². The first kappa shape index (κ1) is 11.2. The third-order valence-electron chi connectivity index (χ3n) is 2.14.